The van der Waals surface area contributed by atoms with Crippen LogP contribution in [0.15, 0.2) is 30.3 Å². The number of carbonyl (C=O) groups excluding carboxylic acids is 2. The third kappa shape index (κ3) is 4.45. The van der Waals surface area contributed by atoms with Gasteiger partial charge in [0, 0.05) is 37.0 Å². The van der Waals surface area contributed by atoms with Crippen molar-refractivity contribution in [2.45, 2.75) is 46.1 Å². The molecule has 0 N–H and O–H groups in total. The minimum atomic E-state index is -0.305. The van der Waals surface area contributed by atoms with Gasteiger partial charge >= 0.3 is 0 Å². The van der Waals surface area contributed by atoms with Crippen LogP contribution in [-0.2, 0) is 9.59 Å². The number of anilines is 1. The molecule has 0 radical (unpaired) electrons. The molecule has 2 amide bonds. The number of aryl methyl sites for hydroxylation is 3. The maximum atomic E-state index is 13.1. The van der Waals surface area contributed by atoms with Gasteiger partial charge in [0.1, 0.15) is 11.9 Å². The van der Waals surface area contributed by atoms with Crippen LogP contribution in [-0.4, -0.2) is 52.4 Å². The molecule has 7 nitrogen and oxygen atoms in total. The van der Waals surface area contributed by atoms with E-state index in [1.165, 1.54) is 0 Å². The smallest absolute Gasteiger partial charge is 0.228 e. The molecule has 0 aliphatic carbocycles. The van der Waals surface area contributed by atoms with E-state index < -0.39 is 0 Å². The Bertz CT molecular complexity index is 924. The van der Waals surface area contributed by atoms with Crippen molar-refractivity contribution in [3.05, 3.63) is 47.4 Å². The second-order valence-electron chi connectivity index (χ2n) is 8.30. The molecule has 1 aromatic heterocycles. The highest BCUT2D eigenvalue weighted by atomic mass is 16.5. The average molecular weight is 409 g/mol. The number of rotatable bonds is 4. The standard InChI is InChI=1S/C23H28N4O3/c1-15-6-8-19(9-7-15)27-13-18(12-22(27)28)23(29)26-10-4-5-20(14-26)30-21-11-16(2)24-17(3)25-21/h6-9,11,18,20H,4-5,10,12-14H2,1-3H3. The molecule has 2 aliphatic rings. The summed E-state index contributed by atoms with van der Waals surface area (Å²) in [5, 5.41) is 0. The van der Waals surface area contributed by atoms with E-state index in [2.05, 4.69) is 9.97 Å². The second-order valence-corrected chi connectivity index (χ2v) is 8.30. The number of hydrogen-bond donors (Lipinski definition) is 0. The molecule has 30 heavy (non-hydrogen) atoms. The first kappa shape index (κ1) is 20.3. The van der Waals surface area contributed by atoms with Crippen LogP contribution in [0.2, 0.25) is 0 Å². The van der Waals surface area contributed by atoms with E-state index in [-0.39, 0.29) is 30.3 Å². The predicted molar refractivity (Wildman–Crippen MR) is 113 cm³/mol. The molecule has 1 aromatic carbocycles. The molecule has 158 valence electrons. The lowest BCUT2D eigenvalue weighted by Crippen LogP contribution is -2.47. The van der Waals surface area contributed by atoms with Crippen LogP contribution < -0.4 is 9.64 Å². The van der Waals surface area contributed by atoms with Crippen molar-refractivity contribution in [2.75, 3.05) is 24.5 Å². The van der Waals surface area contributed by atoms with Crippen LogP contribution in [0.1, 0.15) is 36.3 Å². The Morgan fingerprint density at radius 2 is 1.87 bits per heavy atom. The SMILES string of the molecule is Cc1ccc(N2CC(C(=O)N3CCCC(Oc4cc(C)nc(C)n4)C3)CC2=O)cc1. The summed E-state index contributed by atoms with van der Waals surface area (Å²) in [7, 11) is 0. The number of ether oxygens (including phenoxy) is 1. The Morgan fingerprint density at radius 1 is 1.10 bits per heavy atom. The van der Waals surface area contributed by atoms with Gasteiger partial charge in [-0.1, -0.05) is 17.7 Å². The molecule has 2 atom stereocenters. The van der Waals surface area contributed by atoms with E-state index in [4.69, 9.17) is 4.74 Å². The summed E-state index contributed by atoms with van der Waals surface area (Å²) in [6.07, 6.45) is 1.92. The third-order valence-electron chi connectivity index (χ3n) is 5.74. The summed E-state index contributed by atoms with van der Waals surface area (Å²) in [6, 6.07) is 9.68. The molecule has 7 heteroatoms. The van der Waals surface area contributed by atoms with E-state index in [9.17, 15) is 9.59 Å². The predicted octanol–water partition coefficient (Wildman–Crippen LogP) is 2.82. The van der Waals surface area contributed by atoms with Crippen LogP contribution in [0.5, 0.6) is 5.88 Å². The van der Waals surface area contributed by atoms with Gasteiger partial charge in [0.25, 0.3) is 0 Å². The van der Waals surface area contributed by atoms with Crippen molar-refractivity contribution in [3.63, 3.8) is 0 Å². The summed E-state index contributed by atoms with van der Waals surface area (Å²) in [5.41, 5.74) is 2.86. The lowest BCUT2D eigenvalue weighted by atomic mass is 10.0. The number of likely N-dealkylation sites (tertiary alicyclic amines) is 1. The highest BCUT2D eigenvalue weighted by Gasteiger charge is 2.38. The van der Waals surface area contributed by atoms with Gasteiger partial charge in [-0.25, -0.2) is 4.98 Å². The maximum Gasteiger partial charge on any atom is 0.228 e. The molecule has 4 rings (SSSR count). The van der Waals surface area contributed by atoms with Gasteiger partial charge < -0.3 is 14.5 Å². The third-order valence-corrected chi connectivity index (χ3v) is 5.74. The molecule has 2 fully saturated rings. The first-order valence-corrected chi connectivity index (χ1v) is 10.5. The Balaban J connectivity index is 1.39. The summed E-state index contributed by atoms with van der Waals surface area (Å²) < 4.78 is 6.06. The number of nitrogens with zero attached hydrogens (tertiary/aromatic N) is 4. The van der Waals surface area contributed by atoms with Gasteiger partial charge in [-0.05, 0) is 45.7 Å². The summed E-state index contributed by atoms with van der Waals surface area (Å²) >= 11 is 0. The zero-order chi connectivity index (χ0) is 21.3. The van der Waals surface area contributed by atoms with Crippen molar-refractivity contribution in [2.24, 2.45) is 5.92 Å². The van der Waals surface area contributed by atoms with Crippen molar-refractivity contribution >= 4 is 17.5 Å². The number of carbonyl (C=O) groups is 2. The van der Waals surface area contributed by atoms with Crippen molar-refractivity contribution in [3.8, 4) is 5.88 Å². The molecule has 2 aliphatic heterocycles. The van der Waals surface area contributed by atoms with Crippen LogP contribution in [0, 0.1) is 26.7 Å². The molecule has 0 spiro atoms. The largest absolute Gasteiger partial charge is 0.472 e. The van der Waals surface area contributed by atoms with Gasteiger partial charge in [-0.3, -0.25) is 9.59 Å². The maximum absolute atomic E-state index is 13.1. The Kier molecular flexibility index (Phi) is 5.70. The fourth-order valence-electron chi connectivity index (χ4n) is 4.25. The molecule has 3 heterocycles. The van der Waals surface area contributed by atoms with Gasteiger partial charge in [0.15, 0.2) is 0 Å². The monoisotopic (exact) mass is 408 g/mol. The van der Waals surface area contributed by atoms with E-state index >= 15 is 0 Å². The highest BCUT2D eigenvalue weighted by molar-refractivity contribution is 6.00. The number of hydrogen-bond acceptors (Lipinski definition) is 5. The first-order chi connectivity index (χ1) is 14.4. The van der Waals surface area contributed by atoms with Crippen LogP contribution in [0.4, 0.5) is 5.69 Å². The zero-order valence-corrected chi connectivity index (χ0v) is 17.8. The lowest BCUT2D eigenvalue weighted by molar-refractivity contribution is -0.138. The summed E-state index contributed by atoms with van der Waals surface area (Å²) in [4.78, 5) is 37.9. The van der Waals surface area contributed by atoms with Gasteiger partial charge in [-0.15, -0.1) is 0 Å². The van der Waals surface area contributed by atoms with Gasteiger partial charge in [-0.2, -0.15) is 4.98 Å². The number of aromatic nitrogens is 2. The molecule has 2 saturated heterocycles. The Hall–Kier alpha value is -2.96. The minimum Gasteiger partial charge on any atom is -0.472 e. The van der Waals surface area contributed by atoms with Crippen molar-refractivity contribution in [1.82, 2.24) is 14.9 Å². The topological polar surface area (TPSA) is 75.6 Å². The van der Waals surface area contributed by atoms with E-state index in [1.54, 1.807) is 4.90 Å². The van der Waals surface area contributed by atoms with Crippen LogP contribution in [0.3, 0.4) is 0 Å². The molecule has 2 aromatic rings. The zero-order valence-electron chi connectivity index (χ0n) is 17.8. The van der Waals surface area contributed by atoms with Gasteiger partial charge in [0.2, 0.25) is 17.7 Å². The molecule has 0 saturated carbocycles. The number of amides is 2. The van der Waals surface area contributed by atoms with Crippen molar-refractivity contribution < 1.29 is 14.3 Å². The quantitative estimate of drug-likeness (QED) is 0.778. The Morgan fingerprint density at radius 3 is 2.60 bits per heavy atom. The number of piperidine rings is 1. The normalized spacial score (nSPS) is 21.8. The van der Waals surface area contributed by atoms with Gasteiger partial charge in [0.05, 0.1) is 12.5 Å². The number of benzene rings is 1. The lowest BCUT2D eigenvalue weighted by Gasteiger charge is -2.34. The second kappa shape index (κ2) is 8.42. The Labute approximate surface area is 177 Å². The minimum absolute atomic E-state index is 0.00829. The first-order valence-electron chi connectivity index (χ1n) is 10.5. The van der Waals surface area contributed by atoms with E-state index in [1.807, 2.05) is 56.0 Å². The molecule has 2 unspecified atom stereocenters. The summed E-state index contributed by atoms with van der Waals surface area (Å²) in [5.74, 6) is 0.978. The highest BCUT2D eigenvalue weighted by Crippen LogP contribution is 2.28. The fourth-order valence-corrected chi connectivity index (χ4v) is 4.25. The fraction of sp³-hybridized carbons (Fsp3) is 0.478. The van der Waals surface area contributed by atoms with E-state index in [0.29, 0.717) is 31.3 Å². The molecule has 0 bridgehead atoms. The molecular weight excluding hydrogens is 380 g/mol. The molecular formula is C23H28N4O3. The van der Waals surface area contributed by atoms with Crippen molar-refractivity contribution in [1.29, 1.82) is 0 Å². The van der Waals surface area contributed by atoms with E-state index in [0.717, 1.165) is 29.8 Å². The average Bonchev–Trinajstić information content (AvgIpc) is 3.09. The van der Waals surface area contributed by atoms with Crippen LogP contribution >= 0.6 is 0 Å². The summed E-state index contributed by atoms with van der Waals surface area (Å²) in [6.45, 7) is 7.43. The van der Waals surface area contributed by atoms with Crippen LogP contribution in [0.25, 0.3) is 0 Å².